The van der Waals surface area contributed by atoms with Crippen molar-refractivity contribution in [3.63, 3.8) is 0 Å². The van der Waals surface area contributed by atoms with Gasteiger partial charge in [-0.3, -0.25) is 10.8 Å². The van der Waals surface area contributed by atoms with Gasteiger partial charge in [0.2, 0.25) is 0 Å². The predicted molar refractivity (Wildman–Crippen MR) is 83.9 cm³/mol. The first-order valence-electron chi connectivity index (χ1n) is 6.77. The molecule has 1 heterocycles. The standard InChI is InChI=1S/C17H17N3O/c1-21-15-7-4-10-19-17(15)16(20-18)14-9-8-12-5-2-3-6-13(12)11-14/h2-11,16,20H,18H2,1H3. The fourth-order valence-electron chi connectivity index (χ4n) is 2.51. The summed E-state index contributed by atoms with van der Waals surface area (Å²) in [5, 5.41) is 2.37. The fourth-order valence-corrected chi connectivity index (χ4v) is 2.51. The largest absolute Gasteiger partial charge is 0.495 e. The van der Waals surface area contributed by atoms with Crippen LogP contribution in [0.3, 0.4) is 0 Å². The Morgan fingerprint density at radius 2 is 1.86 bits per heavy atom. The number of aromatic nitrogens is 1. The second-order valence-corrected chi connectivity index (χ2v) is 4.80. The summed E-state index contributed by atoms with van der Waals surface area (Å²) in [6, 6.07) is 18.0. The van der Waals surface area contributed by atoms with Crippen molar-refractivity contribution in [3.05, 3.63) is 72.1 Å². The topological polar surface area (TPSA) is 60.2 Å². The highest BCUT2D eigenvalue weighted by Crippen LogP contribution is 2.29. The molecule has 0 radical (unpaired) electrons. The minimum atomic E-state index is -0.217. The zero-order valence-corrected chi connectivity index (χ0v) is 11.8. The van der Waals surface area contributed by atoms with Crippen molar-refractivity contribution in [1.29, 1.82) is 0 Å². The third kappa shape index (κ3) is 2.59. The van der Waals surface area contributed by atoms with Gasteiger partial charge in [-0.2, -0.15) is 0 Å². The molecule has 1 atom stereocenters. The van der Waals surface area contributed by atoms with Crippen LogP contribution in [0, 0.1) is 0 Å². The van der Waals surface area contributed by atoms with E-state index in [4.69, 9.17) is 10.6 Å². The van der Waals surface area contributed by atoms with Gasteiger partial charge in [0.15, 0.2) is 0 Å². The molecule has 4 heteroatoms. The third-order valence-electron chi connectivity index (χ3n) is 3.57. The number of benzene rings is 2. The lowest BCUT2D eigenvalue weighted by Crippen LogP contribution is -2.29. The van der Waals surface area contributed by atoms with E-state index >= 15 is 0 Å². The number of fused-ring (bicyclic) bond motifs is 1. The number of pyridine rings is 1. The number of hydrazine groups is 1. The zero-order chi connectivity index (χ0) is 14.7. The smallest absolute Gasteiger partial charge is 0.142 e. The van der Waals surface area contributed by atoms with Crippen LogP contribution >= 0.6 is 0 Å². The Balaban J connectivity index is 2.09. The molecule has 0 aliphatic heterocycles. The zero-order valence-electron chi connectivity index (χ0n) is 11.8. The Labute approximate surface area is 123 Å². The SMILES string of the molecule is COc1cccnc1C(NN)c1ccc2ccccc2c1. The lowest BCUT2D eigenvalue weighted by Gasteiger charge is -2.18. The molecule has 1 unspecified atom stereocenters. The predicted octanol–water partition coefficient (Wildman–Crippen LogP) is 2.80. The van der Waals surface area contributed by atoms with Crippen LogP contribution in [0.15, 0.2) is 60.8 Å². The summed E-state index contributed by atoms with van der Waals surface area (Å²) in [5.41, 5.74) is 4.66. The number of nitrogens with zero attached hydrogens (tertiary/aromatic N) is 1. The summed E-state index contributed by atoms with van der Waals surface area (Å²) < 4.78 is 5.38. The van der Waals surface area contributed by atoms with E-state index in [-0.39, 0.29) is 6.04 Å². The minimum absolute atomic E-state index is 0.217. The van der Waals surface area contributed by atoms with Gasteiger partial charge in [-0.05, 0) is 34.5 Å². The highest BCUT2D eigenvalue weighted by atomic mass is 16.5. The van der Waals surface area contributed by atoms with E-state index in [1.165, 1.54) is 10.8 Å². The van der Waals surface area contributed by atoms with Gasteiger partial charge in [0, 0.05) is 6.20 Å². The maximum atomic E-state index is 5.76. The number of methoxy groups -OCH3 is 1. The highest BCUT2D eigenvalue weighted by molar-refractivity contribution is 5.83. The summed E-state index contributed by atoms with van der Waals surface area (Å²) in [6.07, 6.45) is 1.74. The number of hydrogen-bond acceptors (Lipinski definition) is 4. The fraction of sp³-hybridized carbons (Fsp3) is 0.118. The Morgan fingerprint density at radius 1 is 1.05 bits per heavy atom. The summed E-state index contributed by atoms with van der Waals surface area (Å²) in [4.78, 5) is 4.41. The van der Waals surface area contributed by atoms with Crippen LogP contribution in [0.4, 0.5) is 0 Å². The van der Waals surface area contributed by atoms with Crippen molar-refractivity contribution >= 4 is 10.8 Å². The van der Waals surface area contributed by atoms with E-state index in [2.05, 4.69) is 40.7 Å². The van der Waals surface area contributed by atoms with Gasteiger partial charge in [0.05, 0.1) is 13.2 Å². The number of hydrogen-bond donors (Lipinski definition) is 2. The Hall–Kier alpha value is -2.43. The Bertz CT molecular complexity index is 758. The van der Waals surface area contributed by atoms with Crippen molar-refractivity contribution < 1.29 is 4.74 Å². The number of nitrogens with one attached hydrogen (secondary N) is 1. The summed E-state index contributed by atoms with van der Waals surface area (Å²) in [7, 11) is 1.63. The first-order valence-corrected chi connectivity index (χ1v) is 6.77. The molecule has 3 N–H and O–H groups in total. The van der Waals surface area contributed by atoms with E-state index in [0.29, 0.717) is 5.75 Å². The van der Waals surface area contributed by atoms with Crippen LogP contribution in [-0.4, -0.2) is 12.1 Å². The molecule has 0 bridgehead atoms. The minimum Gasteiger partial charge on any atom is -0.495 e. The lowest BCUT2D eigenvalue weighted by molar-refractivity contribution is 0.400. The Kier molecular flexibility index (Phi) is 3.81. The Morgan fingerprint density at radius 3 is 2.62 bits per heavy atom. The summed E-state index contributed by atoms with van der Waals surface area (Å²) in [5.74, 6) is 6.48. The van der Waals surface area contributed by atoms with Crippen LogP contribution in [0.5, 0.6) is 5.75 Å². The molecule has 0 saturated heterocycles. The molecule has 1 aromatic heterocycles. The van der Waals surface area contributed by atoms with E-state index < -0.39 is 0 Å². The van der Waals surface area contributed by atoms with Crippen molar-refractivity contribution in [2.45, 2.75) is 6.04 Å². The van der Waals surface area contributed by atoms with Gasteiger partial charge in [0.1, 0.15) is 11.4 Å². The van der Waals surface area contributed by atoms with Gasteiger partial charge < -0.3 is 4.74 Å². The van der Waals surface area contributed by atoms with Gasteiger partial charge in [-0.1, -0.05) is 36.4 Å². The number of nitrogens with two attached hydrogens (primary N) is 1. The quantitative estimate of drug-likeness (QED) is 0.569. The van der Waals surface area contributed by atoms with Crippen LogP contribution in [0.25, 0.3) is 10.8 Å². The van der Waals surface area contributed by atoms with Crippen LogP contribution in [0.1, 0.15) is 17.3 Å². The molecule has 0 aliphatic rings. The maximum Gasteiger partial charge on any atom is 0.142 e. The van der Waals surface area contributed by atoms with Gasteiger partial charge in [0.25, 0.3) is 0 Å². The molecular formula is C17H17N3O. The first kappa shape index (κ1) is 13.5. The maximum absolute atomic E-state index is 5.76. The molecular weight excluding hydrogens is 262 g/mol. The molecule has 0 aliphatic carbocycles. The molecule has 3 rings (SSSR count). The van der Waals surface area contributed by atoms with Crippen LogP contribution in [-0.2, 0) is 0 Å². The monoisotopic (exact) mass is 279 g/mol. The second kappa shape index (κ2) is 5.91. The summed E-state index contributed by atoms with van der Waals surface area (Å²) in [6.45, 7) is 0. The van der Waals surface area contributed by atoms with Crippen molar-refractivity contribution in [2.75, 3.05) is 7.11 Å². The van der Waals surface area contributed by atoms with Crippen molar-refractivity contribution in [1.82, 2.24) is 10.4 Å². The average Bonchev–Trinajstić information content (AvgIpc) is 2.56. The lowest BCUT2D eigenvalue weighted by atomic mass is 9.99. The first-order chi connectivity index (χ1) is 10.3. The molecule has 106 valence electrons. The van der Waals surface area contributed by atoms with Crippen LogP contribution in [0.2, 0.25) is 0 Å². The molecule has 4 nitrogen and oxygen atoms in total. The number of rotatable bonds is 4. The van der Waals surface area contributed by atoms with Crippen molar-refractivity contribution in [2.24, 2.45) is 5.84 Å². The molecule has 3 aromatic rings. The van der Waals surface area contributed by atoms with Crippen molar-refractivity contribution in [3.8, 4) is 5.75 Å². The normalized spacial score (nSPS) is 12.3. The van der Waals surface area contributed by atoms with Gasteiger partial charge >= 0.3 is 0 Å². The number of ether oxygens (including phenoxy) is 1. The second-order valence-electron chi connectivity index (χ2n) is 4.80. The highest BCUT2D eigenvalue weighted by Gasteiger charge is 2.18. The molecule has 0 saturated carbocycles. The molecule has 2 aromatic carbocycles. The van der Waals surface area contributed by atoms with Gasteiger partial charge in [-0.15, -0.1) is 0 Å². The van der Waals surface area contributed by atoms with Crippen LogP contribution < -0.4 is 16.0 Å². The molecule has 0 fully saturated rings. The third-order valence-corrected chi connectivity index (χ3v) is 3.57. The van der Waals surface area contributed by atoms with E-state index in [1.807, 2.05) is 24.3 Å². The van der Waals surface area contributed by atoms with Gasteiger partial charge in [-0.25, -0.2) is 5.43 Å². The molecule has 21 heavy (non-hydrogen) atoms. The molecule has 0 amide bonds. The van der Waals surface area contributed by atoms with E-state index in [0.717, 1.165) is 11.3 Å². The average molecular weight is 279 g/mol. The summed E-state index contributed by atoms with van der Waals surface area (Å²) >= 11 is 0. The van der Waals surface area contributed by atoms with E-state index in [9.17, 15) is 0 Å². The van der Waals surface area contributed by atoms with E-state index in [1.54, 1.807) is 13.3 Å². The molecule has 0 spiro atoms.